The predicted molar refractivity (Wildman–Crippen MR) is 65.7 cm³/mol. The van der Waals surface area contributed by atoms with Gasteiger partial charge in [-0.05, 0) is 19.1 Å². The van der Waals surface area contributed by atoms with E-state index in [1.807, 2.05) is 31.8 Å². The molecular weight excluding hydrogens is 208 g/mol. The lowest BCUT2D eigenvalue weighted by Crippen LogP contribution is -2.19. The molecule has 0 aromatic carbocycles. The molecule has 1 aliphatic heterocycles. The minimum absolute atomic E-state index is 0.564. The molecule has 1 unspecified atom stereocenters. The minimum Gasteiger partial charge on any atom is -0.373 e. The Kier molecular flexibility index (Phi) is 3.30. The highest BCUT2D eigenvalue weighted by atomic mass is 32.2. The molecule has 1 fully saturated rings. The van der Waals surface area contributed by atoms with Crippen molar-refractivity contribution in [3.8, 4) is 0 Å². The minimum atomic E-state index is 0.564. The van der Waals surface area contributed by atoms with Gasteiger partial charge in [0.1, 0.15) is 17.5 Å². The van der Waals surface area contributed by atoms with Crippen LogP contribution in [-0.2, 0) is 0 Å². The number of hydrogen-bond donors (Lipinski definition) is 2. The smallest absolute Gasteiger partial charge is 0.132 e. The highest BCUT2D eigenvalue weighted by molar-refractivity contribution is 7.99. The van der Waals surface area contributed by atoms with Crippen molar-refractivity contribution in [3.05, 3.63) is 11.9 Å². The van der Waals surface area contributed by atoms with Crippen LogP contribution in [0, 0.1) is 6.92 Å². The molecule has 4 nitrogen and oxygen atoms in total. The Morgan fingerprint density at radius 1 is 1.40 bits per heavy atom. The Morgan fingerprint density at radius 2 is 2.20 bits per heavy atom. The van der Waals surface area contributed by atoms with Crippen molar-refractivity contribution in [3.63, 3.8) is 0 Å². The van der Waals surface area contributed by atoms with Gasteiger partial charge in [0.2, 0.25) is 0 Å². The largest absolute Gasteiger partial charge is 0.373 e. The van der Waals surface area contributed by atoms with Gasteiger partial charge in [0.05, 0.1) is 0 Å². The molecular formula is C10H16N4S. The number of rotatable bonds is 3. The van der Waals surface area contributed by atoms with Crippen molar-refractivity contribution in [1.82, 2.24) is 9.97 Å². The summed E-state index contributed by atoms with van der Waals surface area (Å²) in [6.07, 6.45) is 1.22. The first-order valence-electron chi connectivity index (χ1n) is 5.15. The maximum Gasteiger partial charge on any atom is 0.132 e. The number of nitrogens with one attached hydrogen (secondary N) is 2. The van der Waals surface area contributed by atoms with Crippen molar-refractivity contribution in [2.45, 2.75) is 19.4 Å². The number of anilines is 2. The first-order chi connectivity index (χ1) is 7.28. The third-order valence-electron chi connectivity index (χ3n) is 2.38. The van der Waals surface area contributed by atoms with Gasteiger partial charge >= 0.3 is 0 Å². The van der Waals surface area contributed by atoms with Crippen LogP contribution in [0.2, 0.25) is 0 Å². The Bertz CT molecular complexity index is 336. The van der Waals surface area contributed by atoms with Gasteiger partial charge < -0.3 is 10.6 Å². The van der Waals surface area contributed by atoms with E-state index in [0.29, 0.717) is 6.04 Å². The van der Waals surface area contributed by atoms with E-state index in [1.54, 1.807) is 0 Å². The Balaban J connectivity index is 2.09. The molecule has 1 aliphatic rings. The third kappa shape index (κ3) is 2.75. The van der Waals surface area contributed by atoms with Crippen molar-refractivity contribution in [2.75, 3.05) is 29.2 Å². The van der Waals surface area contributed by atoms with Gasteiger partial charge in [-0.15, -0.1) is 0 Å². The van der Waals surface area contributed by atoms with Crippen molar-refractivity contribution in [1.29, 1.82) is 0 Å². The molecule has 5 heteroatoms. The van der Waals surface area contributed by atoms with Gasteiger partial charge in [0, 0.05) is 24.9 Å². The van der Waals surface area contributed by atoms with Gasteiger partial charge in [-0.1, -0.05) is 0 Å². The molecule has 0 spiro atoms. The molecule has 1 aromatic heterocycles. The first kappa shape index (κ1) is 10.5. The zero-order valence-corrected chi connectivity index (χ0v) is 9.90. The summed E-state index contributed by atoms with van der Waals surface area (Å²) in [7, 11) is 1.87. The molecule has 0 saturated carbocycles. The molecule has 0 radical (unpaired) electrons. The maximum atomic E-state index is 4.37. The Labute approximate surface area is 94.3 Å². The predicted octanol–water partition coefficient (Wildman–Crippen LogP) is 1.74. The van der Waals surface area contributed by atoms with Crippen LogP contribution in [0.1, 0.15) is 12.2 Å². The molecule has 2 N–H and O–H groups in total. The zero-order chi connectivity index (χ0) is 10.7. The van der Waals surface area contributed by atoms with Crippen molar-refractivity contribution < 1.29 is 0 Å². The maximum absolute atomic E-state index is 4.37. The molecule has 2 rings (SSSR count). The fourth-order valence-electron chi connectivity index (χ4n) is 1.63. The molecule has 0 amide bonds. The zero-order valence-electron chi connectivity index (χ0n) is 9.08. The molecule has 1 aromatic rings. The van der Waals surface area contributed by atoms with Gasteiger partial charge in [-0.25, -0.2) is 9.97 Å². The van der Waals surface area contributed by atoms with Crippen LogP contribution in [-0.4, -0.2) is 34.6 Å². The van der Waals surface area contributed by atoms with Crippen LogP contribution in [0.15, 0.2) is 6.07 Å². The quantitative estimate of drug-likeness (QED) is 0.819. The molecule has 82 valence electrons. The van der Waals surface area contributed by atoms with Crippen molar-refractivity contribution >= 4 is 23.4 Å². The molecule has 0 aliphatic carbocycles. The summed E-state index contributed by atoms with van der Waals surface area (Å²) < 4.78 is 0. The van der Waals surface area contributed by atoms with E-state index >= 15 is 0 Å². The van der Waals surface area contributed by atoms with Crippen molar-refractivity contribution in [2.24, 2.45) is 0 Å². The average Bonchev–Trinajstić information content (AvgIpc) is 2.69. The SMILES string of the molecule is CNc1cc(NC2CCSC2)nc(C)n1. The number of hydrogen-bond acceptors (Lipinski definition) is 5. The lowest BCUT2D eigenvalue weighted by molar-refractivity contribution is 0.803. The van der Waals surface area contributed by atoms with Gasteiger partial charge in [-0.3, -0.25) is 0 Å². The Morgan fingerprint density at radius 3 is 2.87 bits per heavy atom. The van der Waals surface area contributed by atoms with Crippen LogP contribution < -0.4 is 10.6 Å². The number of thioether (sulfide) groups is 1. The van der Waals surface area contributed by atoms with Crippen LogP contribution >= 0.6 is 11.8 Å². The second kappa shape index (κ2) is 4.70. The third-order valence-corrected chi connectivity index (χ3v) is 3.54. The highest BCUT2D eigenvalue weighted by Gasteiger charge is 2.15. The molecule has 0 bridgehead atoms. The van der Waals surface area contributed by atoms with E-state index in [9.17, 15) is 0 Å². The summed E-state index contributed by atoms with van der Waals surface area (Å²) in [6, 6.07) is 2.52. The topological polar surface area (TPSA) is 49.8 Å². The summed E-state index contributed by atoms with van der Waals surface area (Å²) in [5.41, 5.74) is 0. The summed E-state index contributed by atoms with van der Waals surface area (Å²) in [5, 5.41) is 6.48. The molecule has 1 saturated heterocycles. The summed E-state index contributed by atoms with van der Waals surface area (Å²) >= 11 is 1.99. The number of aromatic nitrogens is 2. The first-order valence-corrected chi connectivity index (χ1v) is 6.31. The molecule has 15 heavy (non-hydrogen) atoms. The molecule has 2 heterocycles. The number of nitrogens with zero attached hydrogens (tertiary/aromatic N) is 2. The average molecular weight is 224 g/mol. The van der Waals surface area contributed by atoms with Crippen LogP contribution in [0.4, 0.5) is 11.6 Å². The summed E-state index contributed by atoms with van der Waals surface area (Å²) in [4.78, 5) is 8.63. The highest BCUT2D eigenvalue weighted by Crippen LogP contribution is 2.21. The van der Waals surface area contributed by atoms with Gasteiger partial charge in [0.15, 0.2) is 0 Å². The summed E-state index contributed by atoms with van der Waals surface area (Å²) in [6.45, 7) is 1.91. The lowest BCUT2D eigenvalue weighted by atomic mass is 10.2. The van der Waals surface area contributed by atoms with E-state index < -0.39 is 0 Å². The van der Waals surface area contributed by atoms with E-state index in [0.717, 1.165) is 17.5 Å². The van der Waals surface area contributed by atoms with Crippen LogP contribution in [0.5, 0.6) is 0 Å². The normalized spacial score (nSPS) is 20.3. The standard InChI is InChI=1S/C10H16N4S/c1-7-12-9(11-2)5-10(13-7)14-8-3-4-15-6-8/h5,8H,3-4,6H2,1-2H3,(H2,11,12,13,14). The van der Waals surface area contributed by atoms with E-state index in [1.165, 1.54) is 17.9 Å². The second-order valence-electron chi connectivity index (χ2n) is 3.64. The summed E-state index contributed by atoms with van der Waals surface area (Å²) in [5.74, 6) is 5.03. The number of aryl methyl sites for hydroxylation is 1. The van der Waals surface area contributed by atoms with Gasteiger partial charge in [0.25, 0.3) is 0 Å². The monoisotopic (exact) mass is 224 g/mol. The van der Waals surface area contributed by atoms with E-state index in [4.69, 9.17) is 0 Å². The lowest BCUT2D eigenvalue weighted by Gasteiger charge is -2.13. The van der Waals surface area contributed by atoms with E-state index in [-0.39, 0.29) is 0 Å². The van der Waals surface area contributed by atoms with Crippen LogP contribution in [0.25, 0.3) is 0 Å². The Hall–Kier alpha value is -0.970. The molecule has 1 atom stereocenters. The van der Waals surface area contributed by atoms with E-state index in [2.05, 4.69) is 20.6 Å². The second-order valence-corrected chi connectivity index (χ2v) is 4.79. The van der Waals surface area contributed by atoms with Crippen LogP contribution in [0.3, 0.4) is 0 Å². The fourth-order valence-corrected chi connectivity index (χ4v) is 2.78. The fraction of sp³-hybridized carbons (Fsp3) is 0.600. The van der Waals surface area contributed by atoms with Gasteiger partial charge in [-0.2, -0.15) is 11.8 Å².